The van der Waals surface area contributed by atoms with Crippen LogP contribution in [-0.4, -0.2) is 35.0 Å². The highest BCUT2D eigenvalue weighted by Crippen LogP contribution is 2.25. The number of para-hydroxylation sites is 1. The summed E-state index contributed by atoms with van der Waals surface area (Å²) in [6.45, 7) is 2.14. The van der Waals surface area contributed by atoms with Gasteiger partial charge in [0.2, 0.25) is 5.95 Å². The van der Waals surface area contributed by atoms with Gasteiger partial charge in [0.1, 0.15) is 6.04 Å². The van der Waals surface area contributed by atoms with E-state index < -0.39 is 17.9 Å². The van der Waals surface area contributed by atoms with Crippen LogP contribution in [-0.2, 0) is 16.0 Å². The maximum absolute atomic E-state index is 12.8. The standard InChI is InChI=1S/C27H28Cl2N4O3/c1-3-4-11-19-16-17-30-27(31-19)33-22-14-6-5-9-18(22)10-7-15-23(26(35)36-2)32-25(34)24-20(28)12-8-13-21(24)29/h5-10,12-14,16-17,23H,3-4,11,15H2,1-2H3,(H,32,34)(H,30,31,33)/b10-7+. The number of ether oxygens (including phenoxy) is 1. The Labute approximate surface area is 220 Å². The Bertz CT molecular complexity index is 1210. The van der Waals surface area contributed by atoms with Crippen molar-refractivity contribution in [3.63, 3.8) is 0 Å². The fourth-order valence-electron chi connectivity index (χ4n) is 3.46. The summed E-state index contributed by atoms with van der Waals surface area (Å²) in [4.78, 5) is 34.0. The summed E-state index contributed by atoms with van der Waals surface area (Å²) in [7, 11) is 1.27. The number of nitrogens with one attached hydrogen (secondary N) is 2. The zero-order chi connectivity index (χ0) is 25.9. The third-order valence-corrected chi connectivity index (χ3v) is 5.99. The van der Waals surface area contributed by atoms with Crippen LogP contribution >= 0.6 is 23.2 Å². The lowest BCUT2D eigenvalue weighted by molar-refractivity contribution is -0.142. The van der Waals surface area contributed by atoms with Gasteiger partial charge in [-0.25, -0.2) is 14.8 Å². The Morgan fingerprint density at radius 1 is 1.08 bits per heavy atom. The first-order valence-electron chi connectivity index (χ1n) is 11.6. The van der Waals surface area contributed by atoms with Gasteiger partial charge in [0.15, 0.2) is 0 Å². The molecule has 2 N–H and O–H groups in total. The molecule has 1 heterocycles. The number of hydrogen-bond acceptors (Lipinski definition) is 6. The number of methoxy groups -OCH3 is 1. The molecular weight excluding hydrogens is 499 g/mol. The highest BCUT2D eigenvalue weighted by Gasteiger charge is 2.23. The number of hydrogen-bond donors (Lipinski definition) is 2. The predicted octanol–water partition coefficient (Wildman–Crippen LogP) is 6.24. The minimum Gasteiger partial charge on any atom is -0.467 e. The lowest BCUT2D eigenvalue weighted by Crippen LogP contribution is -2.41. The van der Waals surface area contributed by atoms with Gasteiger partial charge in [0, 0.05) is 17.6 Å². The molecule has 1 aromatic heterocycles. The first-order chi connectivity index (χ1) is 17.4. The number of anilines is 2. The number of unbranched alkanes of at least 4 members (excludes halogenated alkanes) is 1. The quantitative estimate of drug-likeness (QED) is 0.287. The number of benzene rings is 2. The Balaban J connectivity index is 1.73. The van der Waals surface area contributed by atoms with E-state index in [0.29, 0.717) is 5.95 Å². The lowest BCUT2D eigenvalue weighted by Gasteiger charge is -2.16. The number of carbonyl (C=O) groups excluding carboxylic acids is 2. The van der Waals surface area contributed by atoms with E-state index in [-0.39, 0.29) is 22.0 Å². The van der Waals surface area contributed by atoms with Crippen LogP contribution in [0.5, 0.6) is 0 Å². The number of rotatable bonds is 11. The molecule has 0 aliphatic heterocycles. The molecule has 1 amide bonds. The summed E-state index contributed by atoms with van der Waals surface area (Å²) < 4.78 is 4.87. The highest BCUT2D eigenvalue weighted by atomic mass is 35.5. The molecular formula is C27H28Cl2N4O3. The maximum atomic E-state index is 12.8. The predicted molar refractivity (Wildman–Crippen MR) is 144 cm³/mol. The Hall–Kier alpha value is -3.42. The van der Waals surface area contributed by atoms with Crippen LogP contribution in [0, 0.1) is 0 Å². The Morgan fingerprint density at radius 3 is 2.56 bits per heavy atom. The second kappa shape index (κ2) is 13.6. The molecule has 3 aromatic rings. The van der Waals surface area contributed by atoms with Crippen molar-refractivity contribution >= 4 is 52.8 Å². The first kappa shape index (κ1) is 27.2. The molecule has 0 aliphatic carbocycles. The molecule has 1 unspecified atom stereocenters. The SMILES string of the molecule is CCCCc1ccnc(Nc2ccccc2/C=C/CC(NC(=O)c2c(Cl)cccc2Cl)C(=O)OC)n1. The zero-order valence-electron chi connectivity index (χ0n) is 20.1. The van der Waals surface area contributed by atoms with Crippen molar-refractivity contribution in [1.29, 1.82) is 0 Å². The van der Waals surface area contributed by atoms with Gasteiger partial charge >= 0.3 is 5.97 Å². The van der Waals surface area contributed by atoms with Crippen molar-refractivity contribution in [3.05, 3.63) is 87.7 Å². The normalized spacial score (nSPS) is 11.8. The number of aryl methyl sites for hydroxylation is 1. The van der Waals surface area contributed by atoms with Crippen molar-refractivity contribution < 1.29 is 14.3 Å². The minimum absolute atomic E-state index is 0.106. The molecule has 0 saturated heterocycles. The van der Waals surface area contributed by atoms with Crippen molar-refractivity contribution in [1.82, 2.24) is 15.3 Å². The van der Waals surface area contributed by atoms with E-state index in [0.717, 1.165) is 36.2 Å². The number of esters is 1. The molecule has 9 heteroatoms. The second-order valence-corrected chi connectivity index (χ2v) is 8.79. The van der Waals surface area contributed by atoms with E-state index >= 15 is 0 Å². The van der Waals surface area contributed by atoms with Gasteiger partial charge in [0.25, 0.3) is 5.91 Å². The van der Waals surface area contributed by atoms with E-state index in [1.54, 1.807) is 30.5 Å². The Morgan fingerprint density at radius 2 is 1.83 bits per heavy atom. The van der Waals surface area contributed by atoms with Crippen molar-refractivity contribution in [2.75, 3.05) is 12.4 Å². The highest BCUT2D eigenvalue weighted by molar-refractivity contribution is 6.39. The average molecular weight is 527 g/mol. The van der Waals surface area contributed by atoms with E-state index in [1.165, 1.54) is 7.11 Å². The second-order valence-electron chi connectivity index (χ2n) is 7.97. The van der Waals surface area contributed by atoms with E-state index in [2.05, 4.69) is 27.5 Å². The minimum atomic E-state index is -0.926. The summed E-state index contributed by atoms with van der Waals surface area (Å²) in [6.07, 6.45) is 8.64. The zero-order valence-corrected chi connectivity index (χ0v) is 21.6. The molecule has 0 aliphatic rings. The molecule has 36 heavy (non-hydrogen) atoms. The molecule has 3 rings (SSSR count). The lowest BCUT2D eigenvalue weighted by atomic mass is 10.1. The van der Waals surface area contributed by atoms with Gasteiger partial charge in [-0.3, -0.25) is 4.79 Å². The van der Waals surface area contributed by atoms with Crippen LogP contribution in [0.2, 0.25) is 10.0 Å². The number of halogens is 2. The fraction of sp³-hybridized carbons (Fsp3) is 0.259. The molecule has 2 aromatic carbocycles. The van der Waals surface area contributed by atoms with Crippen molar-refractivity contribution in [2.24, 2.45) is 0 Å². The van der Waals surface area contributed by atoms with Gasteiger partial charge in [0.05, 0.1) is 22.7 Å². The molecule has 0 spiro atoms. The third-order valence-electron chi connectivity index (χ3n) is 5.36. The van der Waals surface area contributed by atoms with Crippen LogP contribution in [0.15, 0.2) is 60.8 Å². The van der Waals surface area contributed by atoms with Gasteiger partial charge in [-0.05, 0) is 49.1 Å². The van der Waals surface area contributed by atoms with E-state index in [1.807, 2.05) is 36.4 Å². The summed E-state index contributed by atoms with van der Waals surface area (Å²) >= 11 is 12.3. The molecule has 0 saturated carbocycles. The number of amides is 1. The van der Waals surface area contributed by atoms with Crippen LogP contribution in [0.3, 0.4) is 0 Å². The summed E-state index contributed by atoms with van der Waals surface area (Å²) in [5.74, 6) is -0.628. The van der Waals surface area contributed by atoms with Gasteiger partial charge in [-0.15, -0.1) is 0 Å². The third kappa shape index (κ3) is 7.54. The molecule has 0 bridgehead atoms. The molecule has 188 valence electrons. The summed E-state index contributed by atoms with van der Waals surface area (Å²) in [5, 5.41) is 6.31. The maximum Gasteiger partial charge on any atom is 0.328 e. The molecule has 0 radical (unpaired) electrons. The van der Waals surface area contributed by atoms with Gasteiger partial charge in [-0.2, -0.15) is 0 Å². The molecule has 0 fully saturated rings. The van der Waals surface area contributed by atoms with Gasteiger partial charge < -0.3 is 15.4 Å². The average Bonchev–Trinajstić information content (AvgIpc) is 2.87. The van der Waals surface area contributed by atoms with Crippen LogP contribution < -0.4 is 10.6 Å². The number of aromatic nitrogens is 2. The summed E-state index contributed by atoms with van der Waals surface area (Å²) in [5.41, 5.74) is 2.76. The molecule has 7 nitrogen and oxygen atoms in total. The van der Waals surface area contributed by atoms with Crippen molar-refractivity contribution in [2.45, 2.75) is 38.6 Å². The van der Waals surface area contributed by atoms with E-state index in [9.17, 15) is 9.59 Å². The largest absolute Gasteiger partial charge is 0.467 e. The topological polar surface area (TPSA) is 93.2 Å². The van der Waals surface area contributed by atoms with Crippen molar-refractivity contribution in [3.8, 4) is 0 Å². The van der Waals surface area contributed by atoms with Crippen LogP contribution in [0.25, 0.3) is 6.08 Å². The smallest absolute Gasteiger partial charge is 0.328 e. The fourth-order valence-corrected chi connectivity index (χ4v) is 4.03. The first-order valence-corrected chi connectivity index (χ1v) is 12.4. The molecule has 1 atom stereocenters. The van der Waals surface area contributed by atoms with Gasteiger partial charge in [-0.1, -0.05) is 73.0 Å². The summed E-state index contributed by atoms with van der Waals surface area (Å²) in [6, 6.07) is 13.4. The monoisotopic (exact) mass is 526 g/mol. The number of carbonyl (C=O) groups is 2. The van der Waals surface area contributed by atoms with Crippen LogP contribution in [0.1, 0.15) is 47.8 Å². The van der Waals surface area contributed by atoms with E-state index in [4.69, 9.17) is 27.9 Å². The Kier molecular flexibility index (Phi) is 10.3. The van der Waals surface area contributed by atoms with Crippen LogP contribution in [0.4, 0.5) is 11.6 Å². The number of nitrogens with zero attached hydrogens (tertiary/aromatic N) is 2.